The van der Waals surface area contributed by atoms with Gasteiger partial charge >= 0.3 is 0 Å². The lowest BCUT2D eigenvalue weighted by Crippen LogP contribution is -2.42. The Morgan fingerprint density at radius 2 is 1.90 bits per heavy atom. The van der Waals surface area contributed by atoms with E-state index in [0.717, 1.165) is 28.3 Å². The van der Waals surface area contributed by atoms with Gasteiger partial charge in [0.2, 0.25) is 5.91 Å². The highest BCUT2D eigenvalue weighted by Crippen LogP contribution is 2.31. The van der Waals surface area contributed by atoms with Gasteiger partial charge in [0, 0.05) is 52.5 Å². The number of fused-ring (bicyclic) bond motifs is 1. The number of hydrogen-bond donors (Lipinski definition) is 1. The van der Waals surface area contributed by atoms with Gasteiger partial charge in [0.05, 0.1) is 12.2 Å². The third-order valence-electron chi connectivity index (χ3n) is 5.26. The van der Waals surface area contributed by atoms with Crippen LogP contribution in [0.25, 0.3) is 11.4 Å². The van der Waals surface area contributed by atoms with Crippen LogP contribution in [0, 0.1) is 5.41 Å². The second-order valence-corrected chi connectivity index (χ2v) is 9.52. The fourth-order valence-corrected chi connectivity index (χ4v) is 4.09. The highest BCUT2D eigenvalue weighted by atomic mass is 32.2. The van der Waals surface area contributed by atoms with E-state index in [4.69, 9.17) is 9.97 Å². The Kier molecular flexibility index (Phi) is 5.96. The predicted octanol–water partition coefficient (Wildman–Crippen LogP) is 4.93. The molecule has 1 aromatic carbocycles. The van der Waals surface area contributed by atoms with Crippen molar-refractivity contribution in [1.82, 2.24) is 19.9 Å². The number of amides is 1. The summed E-state index contributed by atoms with van der Waals surface area (Å²) < 4.78 is 0. The Hall–Kier alpha value is -2.93. The van der Waals surface area contributed by atoms with E-state index in [9.17, 15) is 4.79 Å². The first kappa shape index (κ1) is 21.3. The van der Waals surface area contributed by atoms with Gasteiger partial charge in [0.1, 0.15) is 5.82 Å². The molecule has 2 aromatic heterocycles. The molecule has 0 spiro atoms. The van der Waals surface area contributed by atoms with Crippen LogP contribution in [0.5, 0.6) is 0 Å². The van der Waals surface area contributed by atoms with Gasteiger partial charge in [-0.2, -0.15) is 0 Å². The molecule has 1 aliphatic rings. The quantitative estimate of drug-likeness (QED) is 0.588. The van der Waals surface area contributed by atoms with Crippen molar-refractivity contribution in [1.29, 1.82) is 0 Å². The minimum absolute atomic E-state index is 0.145. The number of nitrogens with zero attached hydrogens (tertiary/aromatic N) is 4. The number of thioether (sulfide) groups is 1. The zero-order valence-corrected chi connectivity index (χ0v) is 19.2. The molecule has 6 nitrogen and oxygen atoms in total. The summed E-state index contributed by atoms with van der Waals surface area (Å²) >= 11 is 1.70. The van der Waals surface area contributed by atoms with Crippen LogP contribution in [-0.2, 0) is 17.8 Å². The lowest BCUT2D eigenvalue weighted by molar-refractivity contribution is -0.140. The van der Waals surface area contributed by atoms with Gasteiger partial charge in [-0.3, -0.25) is 9.78 Å². The minimum atomic E-state index is -0.421. The first-order valence-corrected chi connectivity index (χ1v) is 11.6. The number of aromatic nitrogens is 3. The van der Waals surface area contributed by atoms with Gasteiger partial charge in [0.15, 0.2) is 5.82 Å². The second kappa shape index (κ2) is 8.67. The minimum Gasteiger partial charge on any atom is -0.340 e. The van der Waals surface area contributed by atoms with Crippen molar-refractivity contribution in [2.75, 3.05) is 18.1 Å². The van der Waals surface area contributed by atoms with E-state index in [0.29, 0.717) is 25.3 Å². The first-order valence-electron chi connectivity index (χ1n) is 10.4. The Morgan fingerprint density at radius 3 is 2.61 bits per heavy atom. The molecular formula is C24H27N5OS. The van der Waals surface area contributed by atoms with E-state index in [1.807, 2.05) is 49.9 Å². The van der Waals surface area contributed by atoms with E-state index in [1.54, 1.807) is 24.2 Å². The fraction of sp³-hybridized carbons (Fsp3) is 0.333. The lowest BCUT2D eigenvalue weighted by atomic mass is 9.93. The molecule has 3 heterocycles. The Balaban J connectivity index is 1.76. The molecule has 0 aliphatic carbocycles. The average molecular weight is 434 g/mol. The van der Waals surface area contributed by atoms with Crippen molar-refractivity contribution in [2.45, 2.75) is 38.6 Å². The largest absolute Gasteiger partial charge is 0.340 e. The van der Waals surface area contributed by atoms with Gasteiger partial charge < -0.3 is 10.2 Å². The SMILES string of the molecule is CSc1cccc(Nc2nc(-c3ccncc3)nc3c2CN(C(=O)C(C)(C)C)CC3)c1. The molecular weight excluding hydrogens is 406 g/mol. The third kappa shape index (κ3) is 4.71. The summed E-state index contributed by atoms with van der Waals surface area (Å²) in [7, 11) is 0. The lowest BCUT2D eigenvalue weighted by Gasteiger charge is -2.34. The smallest absolute Gasteiger partial charge is 0.228 e. The van der Waals surface area contributed by atoms with Crippen molar-refractivity contribution >= 4 is 29.2 Å². The van der Waals surface area contributed by atoms with Crippen molar-refractivity contribution in [2.24, 2.45) is 5.41 Å². The van der Waals surface area contributed by atoms with Gasteiger partial charge in [-0.05, 0) is 36.6 Å². The van der Waals surface area contributed by atoms with E-state index in [1.165, 1.54) is 4.90 Å². The second-order valence-electron chi connectivity index (χ2n) is 8.64. The molecule has 7 heteroatoms. The fourth-order valence-electron chi connectivity index (χ4n) is 3.63. The van der Waals surface area contributed by atoms with Crippen LogP contribution >= 0.6 is 11.8 Å². The third-order valence-corrected chi connectivity index (χ3v) is 5.99. The normalized spacial score (nSPS) is 13.6. The number of hydrogen-bond acceptors (Lipinski definition) is 6. The summed E-state index contributed by atoms with van der Waals surface area (Å²) in [5.41, 5.74) is 3.44. The molecule has 0 radical (unpaired) electrons. The molecule has 0 saturated heterocycles. The number of pyridine rings is 1. The Morgan fingerprint density at radius 1 is 1.13 bits per heavy atom. The summed E-state index contributed by atoms with van der Waals surface area (Å²) in [6.07, 6.45) is 6.26. The van der Waals surface area contributed by atoms with Gasteiger partial charge in [-0.1, -0.05) is 26.8 Å². The monoisotopic (exact) mass is 433 g/mol. The van der Waals surface area contributed by atoms with E-state index < -0.39 is 5.41 Å². The molecule has 31 heavy (non-hydrogen) atoms. The molecule has 0 bridgehead atoms. The maximum absolute atomic E-state index is 12.9. The molecule has 1 aliphatic heterocycles. The van der Waals surface area contributed by atoms with Gasteiger partial charge in [-0.15, -0.1) is 11.8 Å². The Bertz CT molecular complexity index is 1090. The van der Waals surface area contributed by atoms with E-state index >= 15 is 0 Å². The first-order chi connectivity index (χ1) is 14.8. The summed E-state index contributed by atoms with van der Waals surface area (Å²) in [5, 5.41) is 3.50. The zero-order chi connectivity index (χ0) is 22.0. The van der Waals surface area contributed by atoms with E-state index in [-0.39, 0.29) is 5.91 Å². The van der Waals surface area contributed by atoms with Crippen LogP contribution in [0.1, 0.15) is 32.0 Å². The number of anilines is 2. The van der Waals surface area contributed by atoms with Crippen LogP contribution in [0.15, 0.2) is 53.7 Å². The summed E-state index contributed by atoms with van der Waals surface area (Å²) in [5.74, 6) is 1.56. The van der Waals surface area contributed by atoms with E-state index in [2.05, 4.69) is 28.7 Å². The molecule has 160 valence electrons. The van der Waals surface area contributed by atoms with Crippen molar-refractivity contribution in [3.8, 4) is 11.4 Å². The number of nitrogens with one attached hydrogen (secondary N) is 1. The van der Waals surface area contributed by atoms with Crippen LogP contribution in [0.4, 0.5) is 11.5 Å². The summed E-state index contributed by atoms with van der Waals surface area (Å²) in [6.45, 7) is 7.05. The van der Waals surface area contributed by atoms with Crippen LogP contribution < -0.4 is 5.32 Å². The molecule has 3 aromatic rings. The predicted molar refractivity (Wildman–Crippen MR) is 125 cm³/mol. The average Bonchev–Trinajstić information content (AvgIpc) is 2.78. The number of rotatable bonds is 4. The molecule has 4 rings (SSSR count). The number of carbonyl (C=O) groups is 1. The molecule has 0 fully saturated rings. The topological polar surface area (TPSA) is 71.0 Å². The highest BCUT2D eigenvalue weighted by Gasteiger charge is 2.31. The maximum Gasteiger partial charge on any atom is 0.228 e. The maximum atomic E-state index is 12.9. The molecule has 0 unspecified atom stereocenters. The van der Waals surface area contributed by atoms with Crippen molar-refractivity contribution in [3.05, 3.63) is 60.0 Å². The van der Waals surface area contributed by atoms with Crippen molar-refractivity contribution in [3.63, 3.8) is 0 Å². The van der Waals surface area contributed by atoms with Crippen LogP contribution in [0.3, 0.4) is 0 Å². The number of carbonyl (C=O) groups excluding carboxylic acids is 1. The highest BCUT2D eigenvalue weighted by molar-refractivity contribution is 7.98. The standard InChI is InChI=1S/C24H27N5OS/c1-24(2,3)23(30)29-13-10-20-19(15-29)22(26-17-6-5-7-18(14-17)31-4)28-21(27-20)16-8-11-25-12-9-16/h5-9,11-12,14H,10,13,15H2,1-4H3,(H,26,27,28). The summed E-state index contributed by atoms with van der Waals surface area (Å²) in [6, 6.07) is 12.1. The van der Waals surface area contributed by atoms with Crippen molar-refractivity contribution < 1.29 is 4.79 Å². The molecule has 1 N–H and O–H groups in total. The summed E-state index contributed by atoms with van der Waals surface area (Å²) in [4.78, 5) is 29.8. The molecule has 1 amide bonds. The Labute approximate surface area is 187 Å². The van der Waals surface area contributed by atoms with Crippen LogP contribution in [-0.4, -0.2) is 38.6 Å². The zero-order valence-electron chi connectivity index (χ0n) is 18.3. The van der Waals surface area contributed by atoms with Gasteiger partial charge in [-0.25, -0.2) is 9.97 Å². The molecule has 0 saturated carbocycles. The molecule has 0 atom stereocenters. The van der Waals surface area contributed by atoms with Gasteiger partial charge in [0.25, 0.3) is 0 Å². The van der Waals surface area contributed by atoms with Crippen LogP contribution in [0.2, 0.25) is 0 Å². The number of benzene rings is 1.